The molecule has 0 fully saturated rings. The number of unbranched alkanes of at least 4 members (excludes halogenated alkanes) is 27. The number of benzene rings is 3. The van der Waals surface area contributed by atoms with Crippen molar-refractivity contribution < 1.29 is 52.3 Å². The molecule has 0 bridgehead atoms. The fourth-order valence-electron chi connectivity index (χ4n) is 9.82. The summed E-state index contributed by atoms with van der Waals surface area (Å²) in [6.45, 7) is 10.2. The molecule has 1 N–H and O–H groups in total. The van der Waals surface area contributed by atoms with Crippen molar-refractivity contribution in [2.75, 3.05) is 46.2 Å². The Bertz CT molecular complexity index is 2060. The van der Waals surface area contributed by atoms with Gasteiger partial charge in [0.05, 0.1) is 42.1 Å². The van der Waals surface area contributed by atoms with Crippen molar-refractivity contribution in [3.8, 4) is 17.2 Å². The van der Waals surface area contributed by atoms with Crippen LogP contribution in [-0.4, -0.2) is 75.1 Å². The first-order valence-corrected chi connectivity index (χ1v) is 31.6. The van der Waals surface area contributed by atoms with E-state index in [4.69, 9.17) is 33.2 Å². The number of carbonyl (C=O) groups is 4. The molecular weight excluding hydrogens is 1020 g/mol. The van der Waals surface area contributed by atoms with E-state index >= 15 is 0 Å². The Morgan fingerprint density at radius 3 is 0.840 bits per heavy atom. The first-order chi connectivity index (χ1) is 39.6. The Morgan fingerprint density at radius 2 is 0.593 bits per heavy atom. The van der Waals surface area contributed by atoms with Crippen LogP contribution in [0.2, 0.25) is 0 Å². The molecule has 0 aliphatic heterocycles. The van der Waals surface area contributed by atoms with Crippen LogP contribution >= 0.6 is 0 Å². The third kappa shape index (κ3) is 28.7. The van der Waals surface area contributed by atoms with Crippen molar-refractivity contribution in [3.63, 3.8) is 0 Å². The number of H-pyrrole nitrogens is 1. The fraction of sp³-hybridized carbons (Fsp3) is 0.623. The minimum atomic E-state index is -1.55. The van der Waals surface area contributed by atoms with E-state index in [1.807, 2.05) is 0 Å². The zero-order chi connectivity index (χ0) is 58.0. The number of hydrogen-bond acceptors (Lipinski definition) is 11. The third-order valence-electron chi connectivity index (χ3n) is 15.1. The maximum Gasteiger partial charge on any atom is 0.340 e. The van der Waals surface area contributed by atoms with Gasteiger partial charge in [-0.15, -0.1) is 0 Å². The molecule has 1 aromatic heterocycles. The van der Waals surface area contributed by atoms with Crippen molar-refractivity contribution >= 4 is 23.9 Å². The van der Waals surface area contributed by atoms with Crippen LogP contribution in [0, 0.1) is 19.3 Å². The highest BCUT2D eigenvalue weighted by atomic mass is 16.6. The average Bonchev–Trinajstić information content (AvgIpc) is 3.90. The predicted octanol–water partition coefficient (Wildman–Crippen LogP) is 18.2. The number of hydrogen-bond donors (Lipinski definition) is 1. The molecule has 0 spiro atoms. The van der Waals surface area contributed by atoms with E-state index in [9.17, 15) is 19.2 Å². The van der Waals surface area contributed by atoms with Gasteiger partial charge in [0, 0.05) is 11.9 Å². The normalized spacial score (nSPS) is 11.3. The van der Waals surface area contributed by atoms with Gasteiger partial charge in [-0.3, -0.25) is 0 Å². The lowest BCUT2D eigenvalue weighted by atomic mass is 9.92. The second-order valence-electron chi connectivity index (χ2n) is 22.4. The van der Waals surface area contributed by atoms with Crippen LogP contribution < -0.4 is 14.2 Å². The number of esters is 4. The summed E-state index contributed by atoms with van der Waals surface area (Å²) in [6, 6.07) is 20.2. The van der Waals surface area contributed by atoms with Crippen molar-refractivity contribution in [1.29, 1.82) is 0 Å². The lowest BCUT2D eigenvalue weighted by Crippen LogP contribution is -2.44. The maximum atomic E-state index is 13.8. The van der Waals surface area contributed by atoms with Gasteiger partial charge in [0.1, 0.15) is 49.1 Å². The molecule has 12 nitrogen and oxygen atoms in total. The highest BCUT2D eigenvalue weighted by molar-refractivity contribution is 5.93. The number of rotatable bonds is 48. The topological polar surface area (TPSA) is 149 Å². The molecule has 4 aromatic rings. The van der Waals surface area contributed by atoms with E-state index in [1.165, 1.54) is 154 Å². The number of ether oxygens (including phenoxy) is 7. The Labute approximate surface area is 487 Å². The maximum absolute atomic E-state index is 13.8. The predicted molar refractivity (Wildman–Crippen MR) is 325 cm³/mol. The summed E-state index contributed by atoms with van der Waals surface area (Å²) in [5.41, 5.74) is 0.840. The summed E-state index contributed by atoms with van der Waals surface area (Å²) in [5.74, 6) is -0.758. The molecule has 4 rings (SSSR count). The van der Waals surface area contributed by atoms with E-state index in [-0.39, 0.29) is 16.7 Å². The van der Waals surface area contributed by atoms with E-state index in [0.29, 0.717) is 53.9 Å². The first kappa shape index (κ1) is 67.7. The molecule has 1 heterocycles. The van der Waals surface area contributed by atoms with Crippen molar-refractivity contribution in [1.82, 2.24) is 4.98 Å². The minimum absolute atomic E-state index is 0.255. The van der Waals surface area contributed by atoms with Gasteiger partial charge in [-0.05, 0) is 111 Å². The quantitative estimate of drug-likeness (QED) is 0.0256. The van der Waals surface area contributed by atoms with Gasteiger partial charge in [-0.1, -0.05) is 194 Å². The van der Waals surface area contributed by atoms with Gasteiger partial charge in [0.25, 0.3) is 0 Å². The molecule has 0 radical (unpaired) electrons. The van der Waals surface area contributed by atoms with Crippen molar-refractivity contribution in [3.05, 3.63) is 113 Å². The smallest absolute Gasteiger partial charge is 0.340 e. The van der Waals surface area contributed by atoms with E-state index in [2.05, 4.69) is 25.8 Å². The van der Waals surface area contributed by atoms with Crippen molar-refractivity contribution in [2.45, 2.75) is 227 Å². The number of carbonyl (C=O) groups excluding carboxylic acids is 4. The average molecular weight is 1120 g/mol. The lowest BCUT2D eigenvalue weighted by molar-refractivity contribution is -0.0642. The standard InChI is InChI=1S/C69H103NO11/c1-6-9-12-15-18-21-24-27-30-33-48-75-61-42-36-58(37-43-61)65(71)78-52-69(55-81-68(74)64-56(4)51-70-57(64)5,53-79-66(72)59-38-44-62(45-39-59)76-49-34-31-28-25-22-19-16-13-10-7-2)54-80-67(73)60-40-46-63(47-41-60)77-50-35-32-29-26-23-20-17-14-11-8-3/h36-47,51,70H,6-35,48-50,52-55H2,1-5H3. The molecule has 0 unspecified atom stereocenters. The van der Waals surface area contributed by atoms with Gasteiger partial charge >= 0.3 is 23.9 Å². The van der Waals surface area contributed by atoms with Crippen LogP contribution in [-0.2, 0) is 18.9 Å². The van der Waals surface area contributed by atoms with Crippen molar-refractivity contribution in [2.24, 2.45) is 5.41 Å². The zero-order valence-electron chi connectivity index (χ0n) is 50.7. The summed E-state index contributed by atoms with van der Waals surface area (Å²) in [6.07, 6.45) is 38.7. The largest absolute Gasteiger partial charge is 0.494 e. The van der Waals surface area contributed by atoms with Crippen LogP contribution in [0.5, 0.6) is 17.2 Å². The molecule has 0 atom stereocenters. The van der Waals surface area contributed by atoms with Gasteiger partial charge < -0.3 is 38.1 Å². The lowest BCUT2D eigenvalue weighted by Gasteiger charge is -2.31. The molecule has 3 aromatic carbocycles. The first-order valence-electron chi connectivity index (χ1n) is 31.6. The fourth-order valence-corrected chi connectivity index (χ4v) is 9.82. The molecule has 0 aliphatic carbocycles. The highest BCUT2D eigenvalue weighted by Gasteiger charge is 2.39. The van der Waals surface area contributed by atoms with Crippen LogP contribution in [0.15, 0.2) is 79.0 Å². The molecule has 81 heavy (non-hydrogen) atoms. The summed E-state index contributed by atoms with van der Waals surface area (Å²) >= 11 is 0. The number of aromatic amines is 1. The van der Waals surface area contributed by atoms with Crippen LogP contribution in [0.3, 0.4) is 0 Å². The Morgan fingerprint density at radius 1 is 0.346 bits per heavy atom. The van der Waals surface area contributed by atoms with Gasteiger partial charge in [-0.2, -0.15) is 0 Å². The molecule has 0 amide bonds. The summed E-state index contributed by atoms with van der Waals surface area (Å²) in [5, 5.41) is 0. The summed E-state index contributed by atoms with van der Waals surface area (Å²) < 4.78 is 41.9. The minimum Gasteiger partial charge on any atom is -0.494 e. The van der Waals surface area contributed by atoms with E-state index in [0.717, 1.165) is 38.5 Å². The SMILES string of the molecule is CCCCCCCCCCCCOc1ccc(C(=O)OCC(COC(=O)c2ccc(OCCCCCCCCCCCC)cc2)(COC(=O)c2ccc(OCCCCCCCCCCCC)cc2)COC(=O)c2c(C)c[nH]c2C)cc1. The molecular formula is C69H103NO11. The van der Waals surface area contributed by atoms with Gasteiger partial charge in [-0.25, -0.2) is 19.2 Å². The van der Waals surface area contributed by atoms with Crippen LogP contribution in [0.4, 0.5) is 0 Å². The second kappa shape index (κ2) is 42.1. The molecule has 0 aliphatic rings. The monoisotopic (exact) mass is 1120 g/mol. The zero-order valence-corrected chi connectivity index (χ0v) is 50.7. The second-order valence-corrected chi connectivity index (χ2v) is 22.4. The van der Waals surface area contributed by atoms with Crippen LogP contribution in [0.25, 0.3) is 0 Å². The molecule has 450 valence electrons. The number of aromatic nitrogens is 1. The third-order valence-corrected chi connectivity index (χ3v) is 15.1. The summed E-state index contributed by atoms with van der Waals surface area (Å²) in [7, 11) is 0. The highest BCUT2D eigenvalue weighted by Crippen LogP contribution is 2.27. The number of nitrogens with one attached hydrogen (secondary N) is 1. The Balaban J connectivity index is 1.42. The molecule has 12 heteroatoms. The molecule has 0 saturated carbocycles. The van der Waals surface area contributed by atoms with Gasteiger partial charge in [0.15, 0.2) is 0 Å². The summed E-state index contributed by atoms with van der Waals surface area (Å²) in [4.78, 5) is 58.3. The van der Waals surface area contributed by atoms with Crippen LogP contribution in [0.1, 0.15) is 266 Å². The van der Waals surface area contributed by atoms with Gasteiger partial charge in [0.2, 0.25) is 0 Å². The molecule has 0 saturated heterocycles. The Hall–Kier alpha value is -5.78. The van der Waals surface area contributed by atoms with E-state index in [1.54, 1.807) is 92.8 Å². The van der Waals surface area contributed by atoms with E-state index < -0.39 is 55.7 Å². The Kier molecular flexibility index (Phi) is 35.2. The number of aryl methyl sites for hydroxylation is 2.